The van der Waals surface area contributed by atoms with E-state index in [0.29, 0.717) is 11.3 Å². The maximum absolute atomic E-state index is 12.2. The summed E-state index contributed by atoms with van der Waals surface area (Å²) in [6.45, 7) is 2.13. The number of benzene rings is 2. The molecule has 1 fully saturated rings. The van der Waals surface area contributed by atoms with E-state index in [1.807, 2.05) is 31.2 Å². The van der Waals surface area contributed by atoms with Gasteiger partial charge >= 0.3 is 0 Å². The van der Waals surface area contributed by atoms with Crippen LogP contribution < -0.4 is 16.0 Å². The second-order valence-electron chi connectivity index (χ2n) is 6.01. The summed E-state index contributed by atoms with van der Waals surface area (Å²) >= 11 is 0. The molecule has 1 aliphatic rings. The monoisotopic (exact) mass is 323 g/mol. The molecule has 1 saturated carbocycles. The molecule has 0 aliphatic heterocycles. The third-order valence-corrected chi connectivity index (χ3v) is 3.94. The van der Waals surface area contributed by atoms with Crippen LogP contribution in [0.15, 0.2) is 48.5 Å². The predicted molar refractivity (Wildman–Crippen MR) is 95.2 cm³/mol. The molecule has 0 saturated heterocycles. The first kappa shape index (κ1) is 16.1. The molecule has 0 heterocycles. The molecule has 5 nitrogen and oxygen atoms in total. The molecule has 124 valence electrons. The summed E-state index contributed by atoms with van der Waals surface area (Å²) in [6, 6.07) is 15.1. The van der Waals surface area contributed by atoms with Gasteiger partial charge < -0.3 is 16.0 Å². The quantitative estimate of drug-likeness (QED) is 0.765. The summed E-state index contributed by atoms with van der Waals surface area (Å²) < 4.78 is 0. The van der Waals surface area contributed by atoms with E-state index < -0.39 is 0 Å². The number of rotatable bonds is 6. The van der Waals surface area contributed by atoms with Crippen LogP contribution in [-0.4, -0.2) is 24.4 Å². The van der Waals surface area contributed by atoms with Crippen molar-refractivity contribution in [2.75, 3.05) is 17.2 Å². The third kappa shape index (κ3) is 4.13. The van der Waals surface area contributed by atoms with E-state index in [9.17, 15) is 9.59 Å². The molecule has 2 aromatic carbocycles. The molecule has 2 aromatic rings. The summed E-state index contributed by atoms with van der Waals surface area (Å²) in [5, 5.41) is 8.87. The Labute approximate surface area is 141 Å². The Bertz CT molecular complexity index is 754. The van der Waals surface area contributed by atoms with Crippen molar-refractivity contribution >= 4 is 23.2 Å². The molecular formula is C19H21N3O2. The zero-order valence-electron chi connectivity index (χ0n) is 13.6. The van der Waals surface area contributed by atoms with Gasteiger partial charge in [-0.3, -0.25) is 9.59 Å². The first-order valence-corrected chi connectivity index (χ1v) is 8.13. The average Bonchev–Trinajstić information content (AvgIpc) is 3.38. The van der Waals surface area contributed by atoms with Crippen LogP contribution in [0.5, 0.6) is 0 Å². The summed E-state index contributed by atoms with van der Waals surface area (Å²) in [5.74, 6) is -0.329. The smallest absolute Gasteiger partial charge is 0.253 e. The molecule has 0 bridgehead atoms. The minimum Gasteiger partial charge on any atom is -0.376 e. The Morgan fingerprint density at radius 2 is 1.67 bits per heavy atom. The highest BCUT2D eigenvalue weighted by molar-refractivity contribution is 6.04. The lowest BCUT2D eigenvalue weighted by Gasteiger charge is -2.12. The second-order valence-corrected chi connectivity index (χ2v) is 6.01. The number of carbonyl (C=O) groups is 2. The zero-order valence-corrected chi connectivity index (χ0v) is 13.6. The van der Waals surface area contributed by atoms with Crippen LogP contribution in [0.4, 0.5) is 11.4 Å². The molecule has 3 N–H and O–H groups in total. The van der Waals surface area contributed by atoms with Crippen LogP contribution in [-0.2, 0) is 4.79 Å². The van der Waals surface area contributed by atoms with Crippen molar-refractivity contribution in [1.82, 2.24) is 5.32 Å². The molecule has 1 aliphatic carbocycles. The van der Waals surface area contributed by atoms with E-state index in [2.05, 4.69) is 16.0 Å². The number of amides is 2. The lowest BCUT2D eigenvalue weighted by atomic mass is 10.1. The summed E-state index contributed by atoms with van der Waals surface area (Å²) in [5.41, 5.74) is 3.03. The van der Waals surface area contributed by atoms with Crippen molar-refractivity contribution in [3.8, 4) is 0 Å². The van der Waals surface area contributed by atoms with Gasteiger partial charge in [-0.05, 0) is 43.5 Å². The summed E-state index contributed by atoms with van der Waals surface area (Å²) in [6.07, 6.45) is 2.06. The zero-order chi connectivity index (χ0) is 16.9. The Morgan fingerprint density at radius 3 is 2.38 bits per heavy atom. The van der Waals surface area contributed by atoms with Crippen molar-refractivity contribution in [3.63, 3.8) is 0 Å². The van der Waals surface area contributed by atoms with E-state index >= 15 is 0 Å². The second kappa shape index (κ2) is 7.17. The fourth-order valence-electron chi connectivity index (χ4n) is 2.42. The van der Waals surface area contributed by atoms with Gasteiger partial charge in [0, 0.05) is 11.7 Å². The topological polar surface area (TPSA) is 70.2 Å². The maximum Gasteiger partial charge on any atom is 0.253 e. The lowest BCUT2D eigenvalue weighted by Crippen LogP contribution is -2.28. The van der Waals surface area contributed by atoms with Gasteiger partial charge in [0.15, 0.2) is 0 Å². The van der Waals surface area contributed by atoms with Crippen molar-refractivity contribution in [3.05, 3.63) is 59.7 Å². The standard InChI is InChI=1S/C19H21N3O2/c1-13-6-2-4-8-16(13)20-12-18(23)22-17-9-5-3-7-15(17)19(24)21-14-10-11-14/h2-9,14,20H,10-12H2,1H3,(H,21,24)(H,22,23). The highest BCUT2D eigenvalue weighted by Crippen LogP contribution is 2.21. The number of hydrogen-bond donors (Lipinski definition) is 3. The molecule has 0 unspecified atom stereocenters. The molecule has 24 heavy (non-hydrogen) atoms. The maximum atomic E-state index is 12.2. The molecule has 0 aromatic heterocycles. The number of nitrogens with one attached hydrogen (secondary N) is 3. The minimum atomic E-state index is -0.190. The van der Waals surface area contributed by atoms with E-state index in [4.69, 9.17) is 0 Å². The third-order valence-electron chi connectivity index (χ3n) is 3.94. The largest absolute Gasteiger partial charge is 0.376 e. The number of para-hydroxylation sites is 2. The van der Waals surface area contributed by atoms with Gasteiger partial charge in [-0.2, -0.15) is 0 Å². The first-order valence-electron chi connectivity index (χ1n) is 8.13. The molecular weight excluding hydrogens is 302 g/mol. The Kier molecular flexibility index (Phi) is 4.79. The normalized spacial score (nSPS) is 13.2. The van der Waals surface area contributed by atoms with Gasteiger partial charge in [0.05, 0.1) is 17.8 Å². The van der Waals surface area contributed by atoms with Crippen LogP contribution in [0.25, 0.3) is 0 Å². The van der Waals surface area contributed by atoms with Crippen molar-refractivity contribution in [1.29, 1.82) is 0 Å². The molecule has 0 atom stereocenters. The molecule has 5 heteroatoms. The van der Waals surface area contributed by atoms with Gasteiger partial charge in [-0.1, -0.05) is 30.3 Å². The molecule has 0 spiro atoms. The number of aryl methyl sites for hydroxylation is 1. The Balaban J connectivity index is 1.61. The predicted octanol–water partition coefficient (Wildman–Crippen LogP) is 2.94. The van der Waals surface area contributed by atoms with Crippen molar-refractivity contribution in [2.24, 2.45) is 0 Å². The van der Waals surface area contributed by atoms with Gasteiger partial charge in [0.2, 0.25) is 5.91 Å². The van der Waals surface area contributed by atoms with Gasteiger partial charge in [-0.15, -0.1) is 0 Å². The van der Waals surface area contributed by atoms with Crippen LogP contribution in [0.3, 0.4) is 0 Å². The van der Waals surface area contributed by atoms with E-state index in [1.165, 1.54) is 0 Å². The fraction of sp³-hybridized carbons (Fsp3) is 0.263. The van der Waals surface area contributed by atoms with E-state index in [0.717, 1.165) is 24.1 Å². The van der Waals surface area contributed by atoms with Crippen molar-refractivity contribution < 1.29 is 9.59 Å². The Morgan fingerprint density at radius 1 is 1.00 bits per heavy atom. The highest BCUT2D eigenvalue weighted by atomic mass is 16.2. The Hall–Kier alpha value is -2.82. The molecule has 3 rings (SSSR count). The summed E-state index contributed by atoms with van der Waals surface area (Å²) in [7, 11) is 0. The number of hydrogen-bond acceptors (Lipinski definition) is 3. The van der Waals surface area contributed by atoms with Crippen LogP contribution in [0.1, 0.15) is 28.8 Å². The van der Waals surface area contributed by atoms with Crippen LogP contribution >= 0.6 is 0 Å². The fourth-order valence-corrected chi connectivity index (χ4v) is 2.42. The average molecular weight is 323 g/mol. The van der Waals surface area contributed by atoms with Gasteiger partial charge in [-0.25, -0.2) is 0 Å². The lowest BCUT2D eigenvalue weighted by molar-refractivity contribution is -0.114. The first-order chi connectivity index (χ1) is 11.6. The molecule has 0 radical (unpaired) electrons. The number of carbonyl (C=O) groups excluding carboxylic acids is 2. The molecule has 2 amide bonds. The minimum absolute atomic E-state index is 0.139. The van der Waals surface area contributed by atoms with Gasteiger partial charge in [0.1, 0.15) is 0 Å². The SMILES string of the molecule is Cc1ccccc1NCC(=O)Nc1ccccc1C(=O)NC1CC1. The van der Waals surface area contributed by atoms with E-state index in [-0.39, 0.29) is 24.4 Å². The van der Waals surface area contributed by atoms with Crippen molar-refractivity contribution in [2.45, 2.75) is 25.8 Å². The highest BCUT2D eigenvalue weighted by Gasteiger charge is 2.24. The van der Waals surface area contributed by atoms with Crippen LogP contribution in [0, 0.1) is 6.92 Å². The van der Waals surface area contributed by atoms with E-state index in [1.54, 1.807) is 24.3 Å². The van der Waals surface area contributed by atoms with Gasteiger partial charge in [0.25, 0.3) is 5.91 Å². The van der Waals surface area contributed by atoms with Crippen LogP contribution in [0.2, 0.25) is 0 Å². The summed E-state index contributed by atoms with van der Waals surface area (Å²) in [4.78, 5) is 24.4. The number of anilines is 2.